The summed E-state index contributed by atoms with van der Waals surface area (Å²) in [4.78, 5) is 11.0. The largest absolute Gasteiger partial charge is 0.355 e. The van der Waals surface area contributed by atoms with Gasteiger partial charge < -0.3 is 10.2 Å². The molecule has 0 radical (unpaired) electrons. The lowest BCUT2D eigenvalue weighted by atomic mass is 10.0. The Morgan fingerprint density at radius 1 is 1.29 bits per heavy atom. The minimum absolute atomic E-state index is 0.507. The van der Waals surface area contributed by atoms with E-state index >= 15 is 0 Å². The Balaban J connectivity index is 1.41. The zero-order valence-electron chi connectivity index (χ0n) is 13.9. The molecular formula is C19H22N4S. The summed E-state index contributed by atoms with van der Waals surface area (Å²) < 4.78 is 1.37. The molecule has 1 fully saturated rings. The summed E-state index contributed by atoms with van der Waals surface area (Å²) in [5.41, 5.74) is 2.44. The summed E-state index contributed by atoms with van der Waals surface area (Å²) in [7, 11) is 0. The molecule has 4 nitrogen and oxygen atoms in total. The molecule has 3 heterocycles. The standard InChI is InChI=1S/C19H22N4S/c1-14-9-19(22-13-21-14)23-8-4-5-16(11-23)20-10-15-12-24-18-7-3-2-6-17(15)18/h2-3,6-7,9,12-13,16,20H,4-5,8,10-11H2,1H3. The third kappa shape index (κ3) is 3.28. The van der Waals surface area contributed by atoms with Gasteiger partial charge in [0.1, 0.15) is 12.1 Å². The van der Waals surface area contributed by atoms with E-state index in [0.29, 0.717) is 6.04 Å². The fourth-order valence-corrected chi connectivity index (χ4v) is 4.35. The van der Waals surface area contributed by atoms with Crippen LogP contribution < -0.4 is 10.2 Å². The number of anilines is 1. The van der Waals surface area contributed by atoms with Crippen LogP contribution in [0.5, 0.6) is 0 Å². The highest BCUT2D eigenvalue weighted by atomic mass is 32.1. The van der Waals surface area contributed by atoms with Crippen molar-refractivity contribution in [3.05, 3.63) is 53.3 Å². The van der Waals surface area contributed by atoms with E-state index in [4.69, 9.17) is 0 Å². The first-order chi connectivity index (χ1) is 11.8. The maximum Gasteiger partial charge on any atom is 0.132 e. The van der Waals surface area contributed by atoms with Crippen molar-refractivity contribution in [1.29, 1.82) is 0 Å². The lowest BCUT2D eigenvalue weighted by Crippen LogP contribution is -2.45. The second kappa shape index (κ2) is 6.87. The van der Waals surface area contributed by atoms with Crippen LogP contribution in [-0.2, 0) is 6.54 Å². The monoisotopic (exact) mass is 338 g/mol. The van der Waals surface area contributed by atoms with Crippen molar-refractivity contribution in [3.63, 3.8) is 0 Å². The Bertz CT molecular complexity index is 829. The molecule has 24 heavy (non-hydrogen) atoms. The molecule has 0 bridgehead atoms. The zero-order chi connectivity index (χ0) is 16.4. The van der Waals surface area contributed by atoms with Crippen LogP contribution in [0.1, 0.15) is 24.1 Å². The highest BCUT2D eigenvalue weighted by molar-refractivity contribution is 7.17. The lowest BCUT2D eigenvalue weighted by Gasteiger charge is -2.34. The molecule has 1 aliphatic rings. The number of thiophene rings is 1. The number of piperidine rings is 1. The number of fused-ring (bicyclic) bond motifs is 1. The summed E-state index contributed by atoms with van der Waals surface area (Å²) in [6.45, 7) is 5.05. The van der Waals surface area contributed by atoms with E-state index in [9.17, 15) is 0 Å². The van der Waals surface area contributed by atoms with Gasteiger partial charge in [-0.1, -0.05) is 18.2 Å². The van der Waals surface area contributed by atoms with Crippen LogP contribution in [0.4, 0.5) is 5.82 Å². The van der Waals surface area contributed by atoms with Crippen LogP contribution in [0.2, 0.25) is 0 Å². The normalized spacial score (nSPS) is 18.2. The van der Waals surface area contributed by atoms with Crippen LogP contribution in [-0.4, -0.2) is 29.1 Å². The quantitative estimate of drug-likeness (QED) is 0.786. The highest BCUT2D eigenvalue weighted by Gasteiger charge is 2.21. The molecule has 2 aromatic heterocycles. The fraction of sp³-hybridized carbons (Fsp3) is 0.368. The van der Waals surface area contributed by atoms with Gasteiger partial charge in [0.05, 0.1) is 0 Å². The molecule has 4 rings (SSSR count). The number of hydrogen-bond acceptors (Lipinski definition) is 5. The first kappa shape index (κ1) is 15.5. The van der Waals surface area contributed by atoms with Gasteiger partial charge in [-0.3, -0.25) is 0 Å². The maximum atomic E-state index is 4.44. The van der Waals surface area contributed by atoms with Gasteiger partial charge in [-0.2, -0.15) is 0 Å². The van der Waals surface area contributed by atoms with Crippen molar-refractivity contribution in [2.24, 2.45) is 0 Å². The van der Waals surface area contributed by atoms with Crippen LogP contribution >= 0.6 is 11.3 Å². The number of aryl methyl sites for hydroxylation is 1. The van der Waals surface area contributed by atoms with Crippen LogP contribution in [0.3, 0.4) is 0 Å². The van der Waals surface area contributed by atoms with E-state index in [1.54, 1.807) is 6.33 Å². The average Bonchev–Trinajstić information content (AvgIpc) is 3.03. The molecule has 1 saturated heterocycles. The van der Waals surface area contributed by atoms with Crippen molar-refractivity contribution in [2.45, 2.75) is 32.4 Å². The third-order valence-electron chi connectivity index (χ3n) is 4.68. The van der Waals surface area contributed by atoms with Gasteiger partial charge >= 0.3 is 0 Å². The predicted molar refractivity (Wildman–Crippen MR) is 101 cm³/mol. The van der Waals surface area contributed by atoms with E-state index in [1.807, 2.05) is 18.3 Å². The van der Waals surface area contributed by atoms with Gasteiger partial charge in [0.25, 0.3) is 0 Å². The molecule has 0 saturated carbocycles. The molecular weight excluding hydrogens is 316 g/mol. The molecule has 5 heteroatoms. The van der Waals surface area contributed by atoms with Crippen molar-refractivity contribution >= 4 is 27.2 Å². The van der Waals surface area contributed by atoms with Crippen LogP contribution in [0.15, 0.2) is 42.0 Å². The molecule has 1 aliphatic heterocycles. The summed E-state index contributed by atoms with van der Waals surface area (Å²) in [6, 6.07) is 11.2. The zero-order valence-corrected chi connectivity index (χ0v) is 14.7. The van der Waals surface area contributed by atoms with Crippen LogP contribution in [0, 0.1) is 6.92 Å². The number of aromatic nitrogens is 2. The molecule has 0 amide bonds. The van der Waals surface area contributed by atoms with Gasteiger partial charge in [0.15, 0.2) is 0 Å². The number of hydrogen-bond donors (Lipinski definition) is 1. The van der Waals surface area contributed by atoms with Crippen molar-refractivity contribution in [2.75, 3.05) is 18.0 Å². The Morgan fingerprint density at radius 3 is 3.12 bits per heavy atom. The Morgan fingerprint density at radius 2 is 2.21 bits per heavy atom. The number of nitrogens with one attached hydrogen (secondary N) is 1. The highest BCUT2D eigenvalue weighted by Crippen LogP contribution is 2.26. The number of benzene rings is 1. The Hall–Kier alpha value is -1.98. The second-order valence-electron chi connectivity index (χ2n) is 6.44. The summed E-state index contributed by atoms with van der Waals surface area (Å²) >= 11 is 1.83. The number of rotatable bonds is 4. The molecule has 124 valence electrons. The Kier molecular flexibility index (Phi) is 4.45. The van der Waals surface area contributed by atoms with Crippen molar-refractivity contribution in [3.8, 4) is 0 Å². The fourth-order valence-electron chi connectivity index (χ4n) is 3.39. The van der Waals surface area contributed by atoms with E-state index < -0.39 is 0 Å². The summed E-state index contributed by atoms with van der Waals surface area (Å²) in [5, 5.41) is 7.42. The van der Waals surface area contributed by atoms with Gasteiger partial charge in [-0.05, 0) is 42.2 Å². The van der Waals surface area contributed by atoms with E-state index in [1.165, 1.54) is 28.5 Å². The predicted octanol–water partition coefficient (Wildman–Crippen LogP) is 3.76. The van der Waals surface area contributed by atoms with Gasteiger partial charge in [0, 0.05) is 42.1 Å². The molecule has 3 aromatic rings. The second-order valence-corrected chi connectivity index (χ2v) is 7.35. The van der Waals surface area contributed by atoms with E-state index in [-0.39, 0.29) is 0 Å². The van der Waals surface area contributed by atoms with Gasteiger partial charge in [0.2, 0.25) is 0 Å². The Labute approximate surface area is 146 Å². The van der Waals surface area contributed by atoms with Crippen LogP contribution in [0.25, 0.3) is 10.1 Å². The molecule has 0 aliphatic carbocycles. The van der Waals surface area contributed by atoms with Gasteiger partial charge in [-0.15, -0.1) is 11.3 Å². The smallest absolute Gasteiger partial charge is 0.132 e. The lowest BCUT2D eigenvalue weighted by molar-refractivity contribution is 0.420. The first-order valence-electron chi connectivity index (χ1n) is 8.52. The maximum absolute atomic E-state index is 4.44. The summed E-state index contributed by atoms with van der Waals surface area (Å²) in [5.74, 6) is 1.05. The third-order valence-corrected chi connectivity index (χ3v) is 5.69. The van der Waals surface area contributed by atoms with E-state index in [0.717, 1.165) is 31.1 Å². The van der Waals surface area contributed by atoms with Crippen molar-refractivity contribution < 1.29 is 0 Å². The average molecular weight is 338 g/mol. The molecule has 1 unspecified atom stereocenters. The molecule has 1 N–H and O–H groups in total. The first-order valence-corrected chi connectivity index (χ1v) is 9.39. The minimum atomic E-state index is 0.507. The minimum Gasteiger partial charge on any atom is -0.355 e. The molecule has 0 spiro atoms. The van der Waals surface area contributed by atoms with E-state index in [2.05, 4.69) is 55.9 Å². The molecule has 1 aromatic carbocycles. The van der Waals surface area contributed by atoms with Gasteiger partial charge in [-0.25, -0.2) is 9.97 Å². The van der Waals surface area contributed by atoms with Crippen molar-refractivity contribution in [1.82, 2.24) is 15.3 Å². The summed E-state index contributed by atoms with van der Waals surface area (Å²) in [6.07, 6.45) is 4.09. The topological polar surface area (TPSA) is 41.0 Å². The molecule has 1 atom stereocenters. The SMILES string of the molecule is Cc1cc(N2CCCC(NCc3csc4ccccc34)C2)ncn1. The number of nitrogens with zero attached hydrogens (tertiary/aromatic N) is 3.